The van der Waals surface area contributed by atoms with Gasteiger partial charge in [-0.1, -0.05) is 66.4 Å². The third kappa shape index (κ3) is 6.21. The smallest absolute Gasteiger partial charge is 0.338 e. The molecule has 3 N–H and O–H groups in total. The van der Waals surface area contributed by atoms with Crippen LogP contribution in [0.25, 0.3) is 11.1 Å². The van der Waals surface area contributed by atoms with Gasteiger partial charge in [0.1, 0.15) is 5.25 Å². The third-order valence-corrected chi connectivity index (χ3v) is 6.17. The van der Waals surface area contributed by atoms with Crippen molar-refractivity contribution in [1.29, 1.82) is 0 Å². The molecule has 1 aliphatic heterocycles. The second-order valence-corrected chi connectivity index (χ2v) is 8.89. The van der Waals surface area contributed by atoms with Crippen LogP contribution in [0.2, 0.25) is 0 Å². The summed E-state index contributed by atoms with van der Waals surface area (Å²) in [4.78, 5) is 52.1. The number of esters is 1. The van der Waals surface area contributed by atoms with Gasteiger partial charge in [0.15, 0.2) is 17.6 Å². The number of hydrogen-bond donors (Lipinski definition) is 2. The highest BCUT2D eigenvalue weighted by Gasteiger charge is 2.29. The van der Waals surface area contributed by atoms with Gasteiger partial charge in [-0.05, 0) is 35.4 Å². The minimum atomic E-state index is -0.655. The summed E-state index contributed by atoms with van der Waals surface area (Å²) in [5.74, 6) is -1.77. The first kappa shape index (κ1) is 23.9. The standard InChI is InChI=1S/C26H21N3O5S/c27-26-29-24(32)22(35-26)14-23(31)28-20-12-10-19(11-13-20)25(33)34-15-21(30)18-8-6-17(7-9-18)16-4-2-1-3-5-16/h1-13,22H,14-15H2,(H,28,31)(H2,27,29,32). The topological polar surface area (TPSA) is 128 Å². The monoisotopic (exact) mass is 487 g/mol. The lowest BCUT2D eigenvalue weighted by molar-refractivity contribution is -0.121. The van der Waals surface area contributed by atoms with E-state index in [4.69, 9.17) is 10.5 Å². The molecular formula is C26H21N3O5S. The van der Waals surface area contributed by atoms with Crippen molar-refractivity contribution < 1.29 is 23.9 Å². The number of aliphatic imine (C=N–C) groups is 1. The molecule has 0 fully saturated rings. The van der Waals surface area contributed by atoms with Crippen LogP contribution in [0.15, 0.2) is 83.9 Å². The highest BCUT2D eigenvalue weighted by atomic mass is 32.2. The van der Waals surface area contributed by atoms with Crippen molar-refractivity contribution in [3.05, 3.63) is 90.0 Å². The van der Waals surface area contributed by atoms with Gasteiger partial charge < -0.3 is 15.8 Å². The zero-order chi connectivity index (χ0) is 24.8. The van der Waals surface area contributed by atoms with Crippen molar-refractivity contribution in [2.75, 3.05) is 11.9 Å². The largest absolute Gasteiger partial charge is 0.454 e. The molecule has 0 aliphatic carbocycles. The average molecular weight is 488 g/mol. The second-order valence-electron chi connectivity index (χ2n) is 7.67. The van der Waals surface area contributed by atoms with Crippen molar-refractivity contribution >= 4 is 46.2 Å². The number of amides is 2. The van der Waals surface area contributed by atoms with E-state index in [0.29, 0.717) is 11.3 Å². The summed E-state index contributed by atoms with van der Waals surface area (Å²) < 4.78 is 5.15. The molecule has 0 spiro atoms. The summed E-state index contributed by atoms with van der Waals surface area (Å²) >= 11 is 1.05. The molecule has 1 unspecified atom stereocenters. The molecule has 9 heteroatoms. The zero-order valence-corrected chi connectivity index (χ0v) is 19.3. The Labute approximate surface area is 205 Å². The Balaban J connectivity index is 1.26. The maximum atomic E-state index is 12.4. The number of Topliss-reactive ketones (excluding diaryl/α,β-unsaturated/α-hetero) is 1. The normalized spacial score (nSPS) is 14.8. The van der Waals surface area contributed by atoms with E-state index in [-0.39, 0.29) is 35.4 Å². The number of anilines is 1. The summed E-state index contributed by atoms with van der Waals surface area (Å²) in [5.41, 5.74) is 8.65. The van der Waals surface area contributed by atoms with Gasteiger partial charge in [-0.15, -0.1) is 0 Å². The van der Waals surface area contributed by atoms with E-state index in [9.17, 15) is 19.2 Å². The van der Waals surface area contributed by atoms with Gasteiger partial charge in [0.05, 0.1) is 5.56 Å². The van der Waals surface area contributed by atoms with E-state index >= 15 is 0 Å². The van der Waals surface area contributed by atoms with E-state index in [1.165, 1.54) is 24.3 Å². The number of rotatable bonds is 8. The van der Waals surface area contributed by atoms with Crippen LogP contribution in [-0.4, -0.2) is 40.6 Å². The molecular weight excluding hydrogens is 466 g/mol. The van der Waals surface area contributed by atoms with E-state index in [0.717, 1.165) is 22.9 Å². The Morgan fingerprint density at radius 1 is 0.886 bits per heavy atom. The molecule has 1 atom stereocenters. The Morgan fingerprint density at radius 2 is 1.51 bits per heavy atom. The lowest BCUT2D eigenvalue weighted by Crippen LogP contribution is -2.21. The molecule has 2 amide bonds. The molecule has 0 saturated heterocycles. The van der Waals surface area contributed by atoms with Crippen LogP contribution in [0.1, 0.15) is 27.1 Å². The van der Waals surface area contributed by atoms with Gasteiger partial charge in [0.2, 0.25) is 5.91 Å². The number of nitrogens with one attached hydrogen (secondary N) is 1. The maximum Gasteiger partial charge on any atom is 0.338 e. The number of nitrogens with two attached hydrogens (primary N) is 1. The van der Waals surface area contributed by atoms with Crippen molar-refractivity contribution in [2.24, 2.45) is 10.7 Å². The quantitative estimate of drug-likeness (QED) is 0.366. The Hall–Kier alpha value is -4.24. The number of ketones is 1. The molecule has 4 rings (SSSR count). The van der Waals surface area contributed by atoms with Crippen molar-refractivity contribution in [2.45, 2.75) is 11.7 Å². The molecule has 176 valence electrons. The van der Waals surface area contributed by atoms with Crippen LogP contribution in [0.4, 0.5) is 5.69 Å². The van der Waals surface area contributed by atoms with Gasteiger partial charge in [-0.2, -0.15) is 4.99 Å². The van der Waals surface area contributed by atoms with Crippen molar-refractivity contribution in [1.82, 2.24) is 0 Å². The van der Waals surface area contributed by atoms with E-state index in [1.807, 2.05) is 42.5 Å². The van der Waals surface area contributed by atoms with E-state index in [2.05, 4.69) is 10.3 Å². The number of amidine groups is 1. The number of nitrogens with zero attached hydrogens (tertiary/aromatic N) is 1. The van der Waals surface area contributed by atoms with Crippen molar-refractivity contribution in [3.8, 4) is 11.1 Å². The van der Waals surface area contributed by atoms with Gasteiger partial charge >= 0.3 is 5.97 Å². The molecule has 0 saturated carbocycles. The number of hydrogen-bond acceptors (Lipinski definition) is 7. The van der Waals surface area contributed by atoms with Crippen LogP contribution in [-0.2, 0) is 14.3 Å². The fourth-order valence-electron chi connectivity index (χ4n) is 3.38. The SMILES string of the molecule is NC1=NC(=O)C(CC(=O)Nc2ccc(C(=O)OCC(=O)c3ccc(-c4ccccc4)cc3)cc2)S1. The van der Waals surface area contributed by atoms with Gasteiger partial charge in [-0.3, -0.25) is 14.4 Å². The van der Waals surface area contributed by atoms with E-state index < -0.39 is 17.1 Å². The molecule has 8 nitrogen and oxygen atoms in total. The number of ether oxygens (including phenoxy) is 1. The number of carbonyl (C=O) groups is 4. The fourth-order valence-corrected chi connectivity index (χ4v) is 4.20. The molecule has 35 heavy (non-hydrogen) atoms. The first-order valence-electron chi connectivity index (χ1n) is 10.7. The number of thioether (sulfide) groups is 1. The number of benzene rings is 3. The highest BCUT2D eigenvalue weighted by molar-refractivity contribution is 8.15. The zero-order valence-electron chi connectivity index (χ0n) is 18.5. The van der Waals surface area contributed by atoms with Gasteiger partial charge in [0.25, 0.3) is 5.91 Å². The highest BCUT2D eigenvalue weighted by Crippen LogP contribution is 2.23. The first-order chi connectivity index (χ1) is 16.9. The minimum absolute atomic E-state index is 0.0636. The van der Waals surface area contributed by atoms with Gasteiger partial charge in [-0.25, -0.2) is 4.79 Å². The molecule has 1 aliphatic rings. The predicted octanol–water partition coefficient (Wildman–Crippen LogP) is 3.68. The molecule has 3 aromatic carbocycles. The van der Waals surface area contributed by atoms with E-state index in [1.54, 1.807) is 12.1 Å². The Kier molecular flexibility index (Phi) is 7.37. The maximum absolute atomic E-state index is 12.4. The van der Waals surface area contributed by atoms with Crippen molar-refractivity contribution in [3.63, 3.8) is 0 Å². The average Bonchev–Trinajstić information content (AvgIpc) is 3.19. The summed E-state index contributed by atoms with van der Waals surface area (Å²) in [7, 11) is 0. The predicted molar refractivity (Wildman–Crippen MR) is 134 cm³/mol. The molecule has 1 heterocycles. The van der Waals surface area contributed by atoms with Crippen LogP contribution in [0.3, 0.4) is 0 Å². The summed E-state index contributed by atoms with van der Waals surface area (Å²) in [6, 6.07) is 22.9. The van der Waals surface area contributed by atoms with Crippen LogP contribution in [0, 0.1) is 0 Å². The van der Waals surface area contributed by atoms with Gasteiger partial charge in [0, 0.05) is 17.7 Å². The lowest BCUT2D eigenvalue weighted by Gasteiger charge is -2.09. The second kappa shape index (κ2) is 10.8. The molecule has 0 bridgehead atoms. The Morgan fingerprint density at radius 3 is 2.14 bits per heavy atom. The van der Waals surface area contributed by atoms with Crippen LogP contribution in [0.5, 0.6) is 0 Å². The molecule has 3 aromatic rings. The molecule has 0 aromatic heterocycles. The Bertz CT molecular complexity index is 1290. The number of carbonyl (C=O) groups excluding carboxylic acids is 4. The van der Waals surface area contributed by atoms with Crippen LogP contribution < -0.4 is 11.1 Å². The lowest BCUT2D eigenvalue weighted by atomic mass is 10.0. The summed E-state index contributed by atoms with van der Waals surface area (Å²) in [5, 5.41) is 2.18. The fraction of sp³-hybridized carbons (Fsp3) is 0.115. The third-order valence-electron chi connectivity index (χ3n) is 5.18. The van der Waals surface area contributed by atoms with Crippen LogP contribution >= 0.6 is 11.8 Å². The molecule has 0 radical (unpaired) electrons. The minimum Gasteiger partial charge on any atom is -0.454 e. The summed E-state index contributed by atoms with van der Waals surface area (Å²) in [6.07, 6.45) is -0.0636. The first-order valence-corrected chi connectivity index (χ1v) is 11.6. The summed E-state index contributed by atoms with van der Waals surface area (Å²) in [6.45, 7) is -0.389.